The zero-order valence-corrected chi connectivity index (χ0v) is 10.9. The quantitative estimate of drug-likeness (QED) is 0.566. The number of benzene rings is 1. The average Bonchev–Trinajstić information content (AvgIpc) is 2.31. The lowest BCUT2D eigenvalue weighted by Crippen LogP contribution is -2.37. The molecule has 1 aromatic rings. The number of nitrogen functional groups attached to an aromatic ring is 1. The molecule has 0 aromatic heterocycles. The van der Waals surface area contributed by atoms with E-state index in [2.05, 4.69) is 4.74 Å². The second-order valence-electron chi connectivity index (χ2n) is 3.35. The Bertz CT molecular complexity index is 525. The fourth-order valence-corrected chi connectivity index (χ4v) is 1.45. The van der Waals surface area contributed by atoms with Crippen LogP contribution in [0.25, 0.3) is 0 Å². The highest BCUT2D eigenvalue weighted by atomic mass is 35.5. The van der Waals surface area contributed by atoms with Crippen molar-refractivity contribution in [2.45, 2.75) is 0 Å². The third-order valence-electron chi connectivity index (χ3n) is 1.89. The highest BCUT2D eigenvalue weighted by molar-refractivity contribution is 6.43. The van der Waals surface area contributed by atoms with Crippen molar-refractivity contribution in [3.8, 4) is 0 Å². The van der Waals surface area contributed by atoms with Gasteiger partial charge in [0, 0.05) is 0 Å². The molecular weight excluding hydrogens is 297 g/mol. The number of nitrogens with two attached hydrogens (primary N) is 2. The van der Waals surface area contributed by atoms with Gasteiger partial charge in [-0.25, -0.2) is 9.59 Å². The zero-order valence-electron chi connectivity index (χ0n) is 9.41. The Labute approximate surface area is 117 Å². The predicted molar refractivity (Wildman–Crippen MR) is 68.9 cm³/mol. The molecule has 0 aliphatic carbocycles. The molecule has 0 unspecified atom stereocenters. The first-order valence-corrected chi connectivity index (χ1v) is 5.57. The molecule has 0 radical (unpaired) electrons. The van der Waals surface area contributed by atoms with E-state index in [0.29, 0.717) is 0 Å². The van der Waals surface area contributed by atoms with E-state index in [9.17, 15) is 14.4 Å². The van der Waals surface area contributed by atoms with Crippen LogP contribution in [0.3, 0.4) is 0 Å². The van der Waals surface area contributed by atoms with Crippen molar-refractivity contribution in [2.75, 3.05) is 12.3 Å². The molecule has 3 amide bonds. The van der Waals surface area contributed by atoms with E-state index in [0.717, 1.165) is 0 Å². The number of primary amides is 1. The van der Waals surface area contributed by atoms with Gasteiger partial charge in [0.1, 0.15) is 0 Å². The van der Waals surface area contributed by atoms with Crippen molar-refractivity contribution in [3.05, 3.63) is 27.7 Å². The lowest BCUT2D eigenvalue weighted by Gasteiger charge is -2.07. The van der Waals surface area contributed by atoms with Crippen molar-refractivity contribution in [2.24, 2.45) is 5.73 Å². The van der Waals surface area contributed by atoms with Crippen LogP contribution in [0.5, 0.6) is 0 Å². The first-order valence-electron chi connectivity index (χ1n) is 4.82. The van der Waals surface area contributed by atoms with Crippen molar-refractivity contribution in [3.63, 3.8) is 0 Å². The molecule has 1 rings (SSSR count). The molecular formula is C10H9Cl2N3O4. The van der Waals surface area contributed by atoms with Crippen LogP contribution in [0.15, 0.2) is 12.1 Å². The third-order valence-corrected chi connectivity index (χ3v) is 2.71. The molecule has 0 atom stereocenters. The van der Waals surface area contributed by atoms with E-state index in [4.69, 9.17) is 34.7 Å². The van der Waals surface area contributed by atoms with Gasteiger partial charge < -0.3 is 16.2 Å². The van der Waals surface area contributed by atoms with Crippen LogP contribution in [-0.2, 0) is 9.53 Å². The van der Waals surface area contributed by atoms with Gasteiger partial charge in [0.15, 0.2) is 6.61 Å². The van der Waals surface area contributed by atoms with Crippen molar-refractivity contribution in [1.29, 1.82) is 0 Å². The number of urea groups is 1. The molecule has 0 saturated carbocycles. The number of halogens is 2. The number of hydrogen-bond acceptors (Lipinski definition) is 5. The molecule has 0 spiro atoms. The molecule has 5 N–H and O–H groups in total. The predicted octanol–water partition coefficient (Wildman–Crippen LogP) is 0.927. The fraction of sp³-hybridized carbons (Fsp3) is 0.100. The van der Waals surface area contributed by atoms with E-state index in [1.807, 2.05) is 0 Å². The van der Waals surface area contributed by atoms with Gasteiger partial charge in [-0.15, -0.1) is 0 Å². The van der Waals surface area contributed by atoms with E-state index in [-0.39, 0.29) is 21.3 Å². The van der Waals surface area contributed by atoms with Gasteiger partial charge in [0.25, 0.3) is 5.91 Å². The van der Waals surface area contributed by atoms with Crippen LogP contribution >= 0.6 is 23.2 Å². The monoisotopic (exact) mass is 305 g/mol. The standard InChI is InChI=1S/C10H9Cl2N3O4/c11-5-1-4(2-6(13)8(5)12)9(17)19-3-7(16)15-10(14)18/h1-2H,3,13H2,(H3,14,15,16,18). The highest BCUT2D eigenvalue weighted by Crippen LogP contribution is 2.29. The number of carbonyl (C=O) groups is 3. The number of carbonyl (C=O) groups excluding carboxylic acids is 3. The van der Waals surface area contributed by atoms with Crippen LogP contribution in [0, 0.1) is 0 Å². The van der Waals surface area contributed by atoms with E-state index in [1.165, 1.54) is 12.1 Å². The SMILES string of the molecule is NC(=O)NC(=O)COC(=O)c1cc(N)c(Cl)c(Cl)c1. The minimum Gasteiger partial charge on any atom is -0.452 e. The van der Waals surface area contributed by atoms with Gasteiger partial charge in [-0.1, -0.05) is 23.2 Å². The first-order chi connectivity index (χ1) is 8.81. The lowest BCUT2D eigenvalue weighted by molar-refractivity contribution is -0.123. The number of nitrogens with one attached hydrogen (secondary N) is 1. The second-order valence-corrected chi connectivity index (χ2v) is 4.14. The van der Waals surface area contributed by atoms with Crippen LogP contribution in [-0.4, -0.2) is 24.5 Å². The first kappa shape index (κ1) is 15.1. The van der Waals surface area contributed by atoms with E-state index >= 15 is 0 Å². The lowest BCUT2D eigenvalue weighted by atomic mass is 10.2. The third kappa shape index (κ3) is 4.31. The number of ether oxygens (including phenoxy) is 1. The summed E-state index contributed by atoms with van der Waals surface area (Å²) in [7, 11) is 0. The van der Waals surface area contributed by atoms with Crippen LogP contribution < -0.4 is 16.8 Å². The normalized spacial score (nSPS) is 9.79. The summed E-state index contributed by atoms with van der Waals surface area (Å²) in [5, 5.41) is 1.93. The molecule has 19 heavy (non-hydrogen) atoms. The summed E-state index contributed by atoms with van der Waals surface area (Å²) in [6.07, 6.45) is 0. The largest absolute Gasteiger partial charge is 0.452 e. The smallest absolute Gasteiger partial charge is 0.338 e. The Morgan fingerprint density at radius 2 is 1.89 bits per heavy atom. The second kappa shape index (κ2) is 6.26. The minimum atomic E-state index is -1.04. The number of hydrogen-bond donors (Lipinski definition) is 3. The van der Waals surface area contributed by atoms with Crippen molar-refractivity contribution in [1.82, 2.24) is 5.32 Å². The number of anilines is 1. The molecule has 7 nitrogen and oxygen atoms in total. The number of rotatable bonds is 3. The van der Waals surface area contributed by atoms with E-state index in [1.54, 1.807) is 5.32 Å². The molecule has 102 valence electrons. The van der Waals surface area contributed by atoms with Gasteiger partial charge >= 0.3 is 12.0 Å². The maximum absolute atomic E-state index is 11.6. The minimum absolute atomic E-state index is 0.0266. The Kier molecular flexibility index (Phi) is 4.96. The summed E-state index contributed by atoms with van der Waals surface area (Å²) in [6.45, 7) is -0.665. The summed E-state index contributed by atoms with van der Waals surface area (Å²) in [4.78, 5) is 32.9. The highest BCUT2D eigenvalue weighted by Gasteiger charge is 2.14. The number of esters is 1. The molecule has 0 fully saturated rings. The molecule has 0 aliphatic rings. The molecule has 1 aromatic carbocycles. The summed E-state index contributed by atoms with van der Waals surface area (Å²) in [5.74, 6) is -1.70. The zero-order chi connectivity index (χ0) is 14.6. The fourth-order valence-electron chi connectivity index (χ4n) is 1.12. The van der Waals surface area contributed by atoms with Gasteiger partial charge in [-0.3, -0.25) is 10.1 Å². The number of imide groups is 1. The van der Waals surface area contributed by atoms with Crippen LogP contribution in [0.1, 0.15) is 10.4 Å². The molecule has 0 heterocycles. The Balaban J connectivity index is 2.69. The topological polar surface area (TPSA) is 125 Å². The summed E-state index contributed by atoms with van der Waals surface area (Å²) < 4.78 is 4.62. The maximum atomic E-state index is 11.6. The van der Waals surface area contributed by atoms with Crippen molar-refractivity contribution < 1.29 is 19.1 Å². The summed E-state index contributed by atoms with van der Waals surface area (Å²) >= 11 is 11.4. The average molecular weight is 306 g/mol. The van der Waals surface area contributed by atoms with Gasteiger partial charge in [0.2, 0.25) is 0 Å². The molecule has 0 aliphatic heterocycles. The van der Waals surface area contributed by atoms with Crippen molar-refractivity contribution >= 4 is 46.8 Å². The van der Waals surface area contributed by atoms with Crippen LogP contribution in [0.2, 0.25) is 10.0 Å². The van der Waals surface area contributed by atoms with Gasteiger partial charge in [-0.05, 0) is 12.1 Å². The molecule has 9 heteroatoms. The molecule has 0 bridgehead atoms. The Morgan fingerprint density at radius 1 is 1.26 bits per heavy atom. The summed E-state index contributed by atoms with van der Waals surface area (Å²) in [6, 6.07) is 1.46. The maximum Gasteiger partial charge on any atom is 0.338 e. The number of amides is 3. The Morgan fingerprint density at radius 3 is 2.42 bits per heavy atom. The van der Waals surface area contributed by atoms with Gasteiger partial charge in [0.05, 0.1) is 21.3 Å². The Hall–Kier alpha value is -1.99. The van der Waals surface area contributed by atoms with Crippen LogP contribution in [0.4, 0.5) is 10.5 Å². The van der Waals surface area contributed by atoms with Gasteiger partial charge in [-0.2, -0.15) is 0 Å². The molecule has 0 saturated heterocycles. The summed E-state index contributed by atoms with van der Waals surface area (Å²) in [5.41, 5.74) is 10.4. The van der Waals surface area contributed by atoms with E-state index < -0.39 is 24.5 Å².